The minimum Gasteiger partial charge on any atom is -0.507 e. The molecule has 1 aromatic carbocycles. The van der Waals surface area contributed by atoms with Crippen molar-refractivity contribution in [3.05, 3.63) is 28.0 Å². The molecule has 0 saturated carbocycles. The summed E-state index contributed by atoms with van der Waals surface area (Å²) in [5.41, 5.74) is -0.534. The van der Waals surface area contributed by atoms with Crippen LogP contribution in [0.15, 0.2) is 16.6 Å². The van der Waals surface area contributed by atoms with E-state index in [2.05, 4.69) is 15.9 Å². The van der Waals surface area contributed by atoms with E-state index in [0.29, 0.717) is 6.07 Å². The molecule has 1 nitrogen and oxygen atoms in total. The lowest BCUT2D eigenvalue weighted by Gasteiger charge is -2.02. The topological polar surface area (TPSA) is 20.2 Å². The fourth-order valence-electron chi connectivity index (χ4n) is 0.721. The first-order valence-electron chi connectivity index (χ1n) is 2.98. The molecule has 12 heavy (non-hydrogen) atoms. The van der Waals surface area contributed by atoms with E-state index in [4.69, 9.17) is 5.11 Å². The van der Waals surface area contributed by atoms with Crippen molar-refractivity contribution in [3.8, 4) is 5.75 Å². The highest BCUT2D eigenvalue weighted by Gasteiger charge is 2.13. The number of hydrogen-bond donors (Lipinski definition) is 1. The van der Waals surface area contributed by atoms with E-state index < -0.39 is 23.6 Å². The van der Waals surface area contributed by atoms with E-state index in [1.54, 1.807) is 0 Å². The Morgan fingerprint density at radius 2 is 1.92 bits per heavy atom. The van der Waals surface area contributed by atoms with Gasteiger partial charge in [-0.3, -0.25) is 0 Å². The van der Waals surface area contributed by atoms with E-state index >= 15 is 0 Å². The third kappa shape index (κ3) is 1.72. The quantitative estimate of drug-likeness (QED) is 0.800. The van der Waals surface area contributed by atoms with Crippen molar-refractivity contribution in [3.63, 3.8) is 0 Å². The van der Waals surface area contributed by atoms with Crippen LogP contribution in [0.5, 0.6) is 5.75 Å². The van der Waals surface area contributed by atoms with Crippen LogP contribution in [-0.2, 0) is 0 Å². The first kappa shape index (κ1) is 9.38. The van der Waals surface area contributed by atoms with Crippen molar-refractivity contribution < 1.29 is 18.3 Å². The first-order chi connectivity index (χ1) is 5.52. The van der Waals surface area contributed by atoms with Gasteiger partial charge in [0.2, 0.25) is 0 Å². The van der Waals surface area contributed by atoms with Crippen LogP contribution >= 0.6 is 15.9 Å². The highest BCUT2D eigenvalue weighted by atomic mass is 79.9. The molecule has 0 amide bonds. The lowest BCUT2D eigenvalue weighted by molar-refractivity contribution is 0.150. The van der Waals surface area contributed by atoms with Crippen LogP contribution in [0.4, 0.5) is 13.2 Å². The number of benzene rings is 1. The van der Waals surface area contributed by atoms with Gasteiger partial charge in [-0.05, 0) is 28.1 Å². The Labute approximate surface area is 75.0 Å². The van der Waals surface area contributed by atoms with Crippen LogP contribution < -0.4 is 0 Å². The van der Waals surface area contributed by atoms with Gasteiger partial charge >= 0.3 is 0 Å². The lowest BCUT2D eigenvalue weighted by atomic mass is 10.2. The molecule has 0 spiro atoms. The lowest BCUT2D eigenvalue weighted by Crippen LogP contribution is -1.87. The Hall–Kier alpha value is -0.710. The fraction of sp³-hybridized carbons (Fsp3) is 0.143. The molecular weight excluding hydrogens is 237 g/mol. The second-order valence-corrected chi connectivity index (χ2v) is 2.93. The largest absolute Gasteiger partial charge is 0.507 e. The molecule has 0 aliphatic heterocycles. The molecule has 0 radical (unpaired) electrons. The maximum Gasteiger partial charge on any atom is 0.264 e. The molecule has 0 bridgehead atoms. The van der Waals surface area contributed by atoms with Crippen LogP contribution in [0.2, 0.25) is 0 Å². The Bertz CT molecular complexity index is 278. The first-order valence-corrected chi connectivity index (χ1v) is 3.77. The molecule has 0 aromatic heterocycles. The van der Waals surface area contributed by atoms with Gasteiger partial charge in [0.1, 0.15) is 11.6 Å². The average molecular weight is 241 g/mol. The summed E-state index contributed by atoms with van der Waals surface area (Å²) in [6, 6.07) is 1.49. The van der Waals surface area contributed by atoms with Gasteiger partial charge in [0.15, 0.2) is 0 Å². The summed E-state index contributed by atoms with van der Waals surface area (Å²) in [5, 5.41) is 8.91. The Balaban J connectivity index is 3.21. The van der Waals surface area contributed by atoms with Gasteiger partial charge in [0.25, 0.3) is 6.43 Å². The van der Waals surface area contributed by atoms with E-state index in [1.165, 1.54) is 0 Å². The summed E-state index contributed by atoms with van der Waals surface area (Å²) in [7, 11) is 0. The summed E-state index contributed by atoms with van der Waals surface area (Å²) in [6.45, 7) is 0. The molecule has 66 valence electrons. The second-order valence-electron chi connectivity index (χ2n) is 2.14. The van der Waals surface area contributed by atoms with E-state index in [0.717, 1.165) is 6.07 Å². The van der Waals surface area contributed by atoms with Gasteiger partial charge < -0.3 is 5.11 Å². The summed E-state index contributed by atoms with van der Waals surface area (Å²) in [5.74, 6) is -1.42. The SMILES string of the molecule is Oc1cc(C(F)F)cc(F)c1Br. The predicted octanol–water partition coefficient (Wildman–Crippen LogP) is 3.23. The number of phenols is 1. The standard InChI is InChI=1S/C7H4BrF3O/c8-6-4(9)1-3(7(10)11)2-5(6)12/h1-2,7,12H. The number of phenolic OH excluding ortho intramolecular Hbond substituents is 1. The third-order valence-corrected chi connectivity index (χ3v) is 2.07. The summed E-state index contributed by atoms with van der Waals surface area (Å²) in [4.78, 5) is 0. The molecule has 0 aliphatic rings. The van der Waals surface area contributed by atoms with Crippen molar-refractivity contribution in [2.75, 3.05) is 0 Å². The maximum atomic E-state index is 12.7. The number of hydrogen-bond acceptors (Lipinski definition) is 1. The maximum absolute atomic E-state index is 12.7. The minimum atomic E-state index is -2.78. The molecule has 1 aromatic rings. The van der Waals surface area contributed by atoms with Crippen molar-refractivity contribution in [1.82, 2.24) is 0 Å². The Kier molecular flexibility index (Phi) is 2.62. The molecule has 0 saturated heterocycles. The minimum absolute atomic E-state index is 0.202. The zero-order valence-corrected chi connectivity index (χ0v) is 7.28. The Morgan fingerprint density at radius 1 is 1.33 bits per heavy atom. The second kappa shape index (κ2) is 3.35. The van der Waals surface area contributed by atoms with Crippen molar-refractivity contribution in [2.24, 2.45) is 0 Å². The van der Waals surface area contributed by atoms with E-state index in [9.17, 15) is 13.2 Å². The molecular formula is C7H4BrF3O. The van der Waals surface area contributed by atoms with Crippen molar-refractivity contribution >= 4 is 15.9 Å². The van der Waals surface area contributed by atoms with Gasteiger partial charge in [-0.1, -0.05) is 0 Å². The van der Waals surface area contributed by atoms with Gasteiger partial charge in [-0.25, -0.2) is 13.2 Å². The van der Waals surface area contributed by atoms with Crippen LogP contribution in [-0.4, -0.2) is 5.11 Å². The van der Waals surface area contributed by atoms with Gasteiger partial charge in [-0.15, -0.1) is 0 Å². The Morgan fingerprint density at radius 3 is 2.33 bits per heavy atom. The van der Waals surface area contributed by atoms with Crippen LogP contribution in [0.3, 0.4) is 0 Å². The van der Waals surface area contributed by atoms with E-state index in [1.807, 2.05) is 0 Å². The normalized spacial score (nSPS) is 10.8. The van der Waals surface area contributed by atoms with Crippen LogP contribution in [0.1, 0.15) is 12.0 Å². The number of rotatable bonds is 1. The molecule has 0 atom stereocenters. The van der Waals surface area contributed by atoms with Gasteiger partial charge in [0, 0.05) is 5.56 Å². The third-order valence-electron chi connectivity index (χ3n) is 1.28. The monoisotopic (exact) mass is 240 g/mol. The molecule has 0 fully saturated rings. The van der Waals surface area contributed by atoms with Crippen LogP contribution in [0.25, 0.3) is 0 Å². The molecule has 1 rings (SSSR count). The molecule has 0 heterocycles. The molecule has 0 aliphatic carbocycles. The summed E-state index contributed by atoms with van der Waals surface area (Å²) < 4.78 is 36.4. The highest BCUT2D eigenvalue weighted by Crippen LogP contribution is 2.31. The smallest absolute Gasteiger partial charge is 0.264 e. The predicted molar refractivity (Wildman–Crippen MR) is 40.7 cm³/mol. The fourth-order valence-corrected chi connectivity index (χ4v) is 0.950. The zero-order valence-electron chi connectivity index (χ0n) is 5.69. The van der Waals surface area contributed by atoms with E-state index in [-0.39, 0.29) is 4.47 Å². The number of halogens is 4. The summed E-state index contributed by atoms with van der Waals surface area (Å²) >= 11 is 2.69. The number of alkyl halides is 2. The molecule has 5 heteroatoms. The molecule has 1 N–H and O–H groups in total. The van der Waals surface area contributed by atoms with Crippen molar-refractivity contribution in [2.45, 2.75) is 6.43 Å². The number of aromatic hydroxyl groups is 1. The van der Waals surface area contributed by atoms with Gasteiger partial charge in [-0.2, -0.15) is 0 Å². The zero-order chi connectivity index (χ0) is 9.30. The van der Waals surface area contributed by atoms with Crippen molar-refractivity contribution in [1.29, 1.82) is 0 Å². The summed E-state index contributed by atoms with van der Waals surface area (Å²) in [6.07, 6.45) is -2.78. The average Bonchev–Trinajstić information content (AvgIpc) is 1.99. The van der Waals surface area contributed by atoms with Crippen LogP contribution in [0, 0.1) is 5.82 Å². The molecule has 0 unspecified atom stereocenters. The highest BCUT2D eigenvalue weighted by molar-refractivity contribution is 9.10. The van der Waals surface area contributed by atoms with Gasteiger partial charge in [0.05, 0.1) is 4.47 Å².